The van der Waals surface area contributed by atoms with Crippen LogP contribution in [-0.2, 0) is 9.59 Å². The number of nitrogens with one attached hydrogen (secondary N) is 1. The van der Waals surface area contributed by atoms with E-state index in [9.17, 15) is 9.59 Å². The van der Waals surface area contributed by atoms with E-state index in [1.165, 1.54) is 56.8 Å². The molecule has 0 aromatic heterocycles. The Hall–Kier alpha value is -2.10. The number of fused-ring (bicyclic) bond motifs is 1. The molecule has 0 unspecified atom stereocenters. The fourth-order valence-corrected chi connectivity index (χ4v) is 4.08. The van der Waals surface area contributed by atoms with Crippen LogP contribution in [0.25, 0.3) is 0 Å². The molecule has 25 heavy (non-hydrogen) atoms. The first kappa shape index (κ1) is 17.7. The average Bonchev–Trinajstić information content (AvgIpc) is 2.61. The smallest absolute Gasteiger partial charge is 0.188 e. The monoisotopic (exact) mass is 340 g/mol. The number of hydrogen-bond donors (Lipinski definition) is 2. The summed E-state index contributed by atoms with van der Waals surface area (Å²) in [6, 6.07) is 0.365. The summed E-state index contributed by atoms with van der Waals surface area (Å²) < 4.78 is 0. The molecule has 134 valence electrons. The van der Waals surface area contributed by atoms with E-state index >= 15 is 0 Å². The van der Waals surface area contributed by atoms with E-state index in [1.54, 1.807) is 6.08 Å². The number of carbonyl (C=O) groups is 2. The molecular weight excluding hydrogens is 312 g/mol. The molecule has 1 fully saturated rings. The minimum atomic E-state index is -0.185. The van der Waals surface area contributed by atoms with Crippen molar-refractivity contribution in [1.82, 2.24) is 5.32 Å². The predicted molar refractivity (Wildman–Crippen MR) is 99.6 cm³/mol. The molecule has 0 heterocycles. The van der Waals surface area contributed by atoms with Gasteiger partial charge in [-0.1, -0.05) is 32.6 Å². The van der Waals surface area contributed by atoms with E-state index in [4.69, 9.17) is 5.73 Å². The average molecular weight is 340 g/mol. The van der Waals surface area contributed by atoms with Crippen LogP contribution in [0.2, 0.25) is 0 Å². The highest BCUT2D eigenvalue weighted by Gasteiger charge is 2.30. The van der Waals surface area contributed by atoms with E-state index in [0.717, 1.165) is 24.5 Å². The van der Waals surface area contributed by atoms with E-state index in [1.807, 2.05) is 0 Å². The summed E-state index contributed by atoms with van der Waals surface area (Å²) in [5.74, 6) is 0.518. The quantitative estimate of drug-likeness (QED) is 0.726. The third-order valence-electron chi connectivity index (χ3n) is 5.54. The lowest BCUT2D eigenvalue weighted by molar-refractivity contribution is -0.114. The second-order valence-electron chi connectivity index (χ2n) is 7.37. The van der Waals surface area contributed by atoms with Crippen molar-refractivity contribution in [2.24, 2.45) is 11.7 Å². The van der Waals surface area contributed by atoms with Gasteiger partial charge in [0, 0.05) is 17.4 Å². The number of carbonyl (C=O) groups excluding carboxylic acids is 2. The molecule has 0 aliphatic heterocycles. The summed E-state index contributed by atoms with van der Waals surface area (Å²) >= 11 is 0. The minimum Gasteiger partial charge on any atom is -0.398 e. The van der Waals surface area contributed by atoms with Crippen LogP contribution in [0.15, 0.2) is 46.8 Å². The van der Waals surface area contributed by atoms with Crippen LogP contribution < -0.4 is 11.1 Å². The number of nitrogens with two attached hydrogens (primary N) is 1. The van der Waals surface area contributed by atoms with Crippen molar-refractivity contribution in [2.45, 2.75) is 64.3 Å². The maximum atomic E-state index is 12.3. The molecule has 0 spiro atoms. The Morgan fingerprint density at radius 1 is 0.960 bits per heavy atom. The molecule has 1 saturated carbocycles. The van der Waals surface area contributed by atoms with Crippen molar-refractivity contribution < 1.29 is 9.59 Å². The highest BCUT2D eigenvalue weighted by Crippen LogP contribution is 2.31. The maximum Gasteiger partial charge on any atom is 0.188 e. The summed E-state index contributed by atoms with van der Waals surface area (Å²) in [4.78, 5) is 24.4. The van der Waals surface area contributed by atoms with E-state index in [2.05, 4.69) is 12.2 Å². The van der Waals surface area contributed by atoms with Gasteiger partial charge in [0.1, 0.15) is 0 Å². The van der Waals surface area contributed by atoms with Gasteiger partial charge in [-0.05, 0) is 55.9 Å². The molecule has 0 amide bonds. The van der Waals surface area contributed by atoms with Gasteiger partial charge in [0.15, 0.2) is 11.6 Å². The Morgan fingerprint density at radius 3 is 2.36 bits per heavy atom. The Balaban J connectivity index is 1.65. The lowest BCUT2D eigenvalue weighted by Gasteiger charge is -2.31. The van der Waals surface area contributed by atoms with Crippen LogP contribution >= 0.6 is 0 Å². The second kappa shape index (κ2) is 7.85. The summed E-state index contributed by atoms with van der Waals surface area (Å²) in [5.41, 5.74) is 7.86. The summed E-state index contributed by atoms with van der Waals surface area (Å²) in [7, 11) is 0. The SMILES string of the molecule is CCCCC[C@H]1CC[C@H](NC2=C3C(=O)C=CC(N)=C3C(=O)C=C2)CC1. The van der Waals surface area contributed by atoms with Gasteiger partial charge in [-0.2, -0.15) is 0 Å². The molecule has 0 aromatic carbocycles. The third kappa shape index (κ3) is 3.94. The van der Waals surface area contributed by atoms with Gasteiger partial charge in [-0.25, -0.2) is 0 Å². The summed E-state index contributed by atoms with van der Waals surface area (Å²) in [5, 5.41) is 3.51. The van der Waals surface area contributed by atoms with Gasteiger partial charge in [-0.15, -0.1) is 0 Å². The molecular formula is C21H28N2O2. The highest BCUT2D eigenvalue weighted by atomic mass is 16.1. The van der Waals surface area contributed by atoms with E-state index < -0.39 is 0 Å². The van der Waals surface area contributed by atoms with Gasteiger partial charge >= 0.3 is 0 Å². The number of unbranched alkanes of at least 4 members (excludes halogenated alkanes) is 2. The van der Waals surface area contributed by atoms with Gasteiger partial charge in [0.2, 0.25) is 0 Å². The zero-order valence-corrected chi connectivity index (χ0v) is 15.0. The normalized spacial score (nSPS) is 26.3. The first-order valence-electron chi connectivity index (χ1n) is 9.56. The van der Waals surface area contributed by atoms with E-state index in [0.29, 0.717) is 22.9 Å². The van der Waals surface area contributed by atoms with Crippen LogP contribution in [0.5, 0.6) is 0 Å². The number of hydrogen-bond acceptors (Lipinski definition) is 4. The Kier molecular flexibility index (Phi) is 5.57. The van der Waals surface area contributed by atoms with Crippen LogP contribution in [-0.4, -0.2) is 17.6 Å². The molecule has 4 heteroatoms. The predicted octanol–water partition coefficient (Wildman–Crippen LogP) is 3.46. The summed E-state index contributed by atoms with van der Waals surface area (Å²) in [6.07, 6.45) is 16.2. The lowest BCUT2D eigenvalue weighted by atomic mass is 9.82. The molecule has 0 saturated heterocycles. The molecule has 3 N–H and O–H groups in total. The molecule has 3 aliphatic carbocycles. The maximum absolute atomic E-state index is 12.3. The Bertz CT molecular complexity index is 674. The Labute approximate surface area is 149 Å². The van der Waals surface area contributed by atoms with Gasteiger partial charge in [0.25, 0.3) is 0 Å². The number of ketones is 2. The fraction of sp³-hybridized carbons (Fsp3) is 0.524. The van der Waals surface area contributed by atoms with Crippen LogP contribution in [0.3, 0.4) is 0 Å². The molecule has 0 aromatic rings. The lowest BCUT2D eigenvalue weighted by Crippen LogP contribution is -2.35. The third-order valence-corrected chi connectivity index (χ3v) is 5.54. The standard InChI is InChI=1S/C21H28N2O2/c1-2-3-4-5-14-6-8-15(9-7-14)23-17-11-13-18(24)20-16(22)10-12-19(25)21(17)20/h10-15,23H,2-9,22H2,1H3/t14-,15-. The fourth-order valence-electron chi connectivity index (χ4n) is 4.08. The van der Waals surface area contributed by atoms with Gasteiger partial charge in [-0.3, -0.25) is 9.59 Å². The van der Waals surface area contributed by atoms with Crippen LogP contribution in [0, 0.1) is 5.92 Å². The highest BCUT2D eigenvalue weighted by molar-refractivity contribution is 6.23. The van der Waals surface area contributed by atoms with Gasteiger partial charge < -0.3 is 11.1 Å². The van der Waals surface area contributed by atoms with Crippen molar-refractivity contribution in [3.8, 4) is 0 Å². The zero-order valence-electron chi connectivity index (χ0n) is 15.0. The van der Waals surface area contributed by atoms with Crippen LogP contribution in [0.4, 0.5) is 0 Å². The second-order valence-corrected chi connectivity index (χ2v) is 7.37. The first-order chi connectivity index (χ1) is 12.1. The zero-order chi connectivity index (χ0) is 17.8. The summed E-state index contributed by atoms with van der Waals surface area (Å²) in [6.45, 7) is 2.25. The van der Waals surface area contributed by atoms with Crippen LogP contribution in [0.1, 0.15) is 58.3 Å². The minimum absolute atomic E-state index is 0.141. The first-order valence-corrected chi connectivity index (χ1v) is 9.56. The van der Waals surface area contributed by atoms with Crippen molar-refractivity contribution >= 4 is 11.6 Å². The Morgan fingerprint density at radius 2 is 1.64 bits per heavy atom. The molecule has 0 bridgehead atoms. The van der Waals surface area contributed by atoms with Crippen molar-refractivity contribution in [2.75, 3.05) is 0 Å². The van der Waals surface area contributed by atoms with Gasteiger partial charge in [0.05, 0.1) is 11.1 Å². The largest absolute Gasteiger partial charge is 0.398 e. The number of rotatable bonds is 6. The molecule has 3 aliphatic rings. The van der Waals surface area contributed by atoms with E-state index in [-0.39, 0.29) is 11.6 Å². The topological polar surface area (TPSA) is 72.2 Å². The van der Waals surface area contributed by atoms with Crippen molar-refractivity contribution in [3.63, 3.8) is 0 Å². The molecule has 3 rings (SSSR count). The van der Waals surface area contributed by atoms with Crippen molar-refractivity contribution in [3.05, 3.63) is 46.8 Å². The molecule has 0 radical (unpaired) electrons. The molecule has 0 atom stereocenters. The van der Waals surface area contributed by atoms with Crippen molar-refractivity contribution in [1.29, 1.82) is 0 Å². The number of allylic oxidation sites excluding steroid dienone is 6. The molecule has 4 nitrogen and oxygen atoms in total.